The van der Waals surface area contributed by atoms with Gasteiger partial charge >= 0.3 is 0 Å². The third-order valence-corrected chi connectivity index (χ3v) is 15.3. The van der Waals surface area contributed by atoms with Crippen molar-refractivity contribution in [2.75, 3.05) is 0 Å². The van der Waals surface area contributed by atoms with Crippen molar-refractivity contribution in [2.45, 2.75) is 107 Å². The average molecular weight is 427 g/mol. The zero-order valence-corrected chi connectivity index (χ0v) is 20.2. The molecule has 0 spiro atoms. The summed E-state index contributed by atoms with van der Waals surface area (Å²) in [7, 11) is -5.69. The van der Waals surface area contributed by atoms with Crippen LogP contribution in [0, 0.1) is 0 Å². The number of sulfone groups is 1. The zero-order chi connectivity index (χ0) is 20.9. The molecule has 0 radical (unpaired) electrons. The van der Waals surface area contributed by atoms with Crippen molar-refractivity contribution in [1.29, 1.82) is 0 Å². The summed E-state index contributed by atoms with van der Waals surface area (Å²) in [5.74, 6) is 0. The molecular weight excluding hydrogens is 388 g/mol. The van der Waals surface area contributed by atoms with Gasteiger partial charge < -0.3 is 4.43 Å². The van der Waals surface area contributed by atoms with E-state index in [4.69, 9.17) is 4.43 Å². The van der Waals surface area contributed by atoms with Gasteiger partial charge in [0.05, 0.1) is 5.25 Å². The molecule has 0 bridgehead atoms. The first kappa shape index (κ1) is 23.5. The molecule has 1 fully saturated rings. The van der Waals surface area contributed by atoms with E-state index in [1.54, 1.807) is 12.5 Å². The van der Waals surface area contributed by atoms with Gasteiger partial charge in [-0.05, 0) is 48.4 Å². The van der Waals surface area contributed by atoms with Crippen molar-refractivity contribution in [3.8, 4) is 0 Å². The summed E-state index contributed by atoms with van der Waals surface area (Å²) < 4.78 is 33.5. The van der Waals surface area contributed by atoms with E-state index in [1.165, 1.54) is 0 Å². The number of rotatable bonds is 10. The van der Waals surface area contributed by atoms with Crippen LogP contribution < -0.4 is 0 Å². The SMILES string of the molecule is CCC(O[Si](C(C)C)(C(C)C)C(C)Cc1ccncn1)S(=O)(=O)C1CCCC1. The maximum Gasteiger partial charge on any atom is 0.202 e. The predicted molar refractivity (Wildman–Crippen MR) is 117 cm³/mol. The molecule has 1 saturated carbocycles. The van der Waals surface area contributed by atoms with Crippen molar-refractivity contribution < 1.29 is 12.8 Å². The highest BCUT2D eigenvalue weighted by Gasteiger charge is 2.50. The summed E-state index contributed by atoms with van der Waals surface area (Å²) in [6.07, 6.45) is 8.27. The Labute approximate surface area is 172 Å². The first-order valence-corrected chi connectivity index (χ1v) is 14.6. The fourth-order valence-corrected chi connectivity index (χ4v) is 13.6. The molecule has 2 unspecified atom stereocenters. The van der Waals surface area contributed by atoms with Gasteiger partial charge in [-0.15, -0.1) is 0 Å². The van der Waals surface area contributed by atoms with Crippen LogP contribution >= 0.6 is 0 Å². The monoisotopic (exact) mass is 426 g/mol. The molecule has 28 heavy (non-hydrogen) atoms. The van der Waals surface area contributed by atoms with Gasteiger partial charge in [-0.2, -0.15) is 0 Å². The first-order chi connectivity index (χ1) is 13.2. The van der Waals surface area contributed by atoms with Gasteiger partial charge in [0, 0.05) is 11.9 Å². The molecule has 5 nitrogen and oxygen atoms in total. The smallest absolute Gasteiger partial charge is 0.202 e. The third kappa shape index (κ3) is 4.85. The molecule has 1 aromatic rings. The van der Waals surface area contributed by atoms with Crippen LogP contribution in [-0.2, 0) is 20.7 Å². The minimum atomic E-state index is -3.27. The lowest BCUT2D eigenvalue weighted by Crippen LogP contribution is -2.53. The van der Waals surface area contributed by atoms with Crippen LogP contribution in [0.3, 0.4) is 0 Å². The van der Waals surface area contributed by atoms with Crippen LogP contribution in [0.15, 0.2) is 18.6 Å². The van der Waals surface area contributed by atoms with E-state index in [0.717, 1.165) is 37.8 Å². The Bertz CT molecular complexity index is 696. The Morgan fingerprint density at radius 1 is 1.14 bits per heavy atom. The highest BCUT2D eigenvalue weighted by molar-refractivity contribution is 7.92. The van der Waals surface area contributed by atoms with Crippen molar-refractivity contribution in [1.82, 2.24) is 9.97 Å². The van der Waals surface area contributed by atoms with Gasteiger partial charge in [0.1, 0.15) is 11.8 Å². The zero-order valence-electron chi connectivity index (χ0n) is 18.4. The molecule has 1 aliphatic rings. The summed E-state index contributed by atoms with van der Waals surface area (Å²) in [6, 6.07) is 1.95. The number of hydrogen-bond acceptors (Lipinski definition) is 5. The van der Waals surface area contributed by atoms with Crippen LogP contribution in [0.1, 0.15) is 79.3 Å². The van der Waals surface area contributed by atoms with Gasteiger partial charge in [0.2, 0.25) is 8.32 Å². The molecule has 1 aliphatic carbocycles. The standard InChI is InChI=1S/C21H38N2O3SSi/c1-7-21(27(24,25)20-10-8-9-11-20)26-28(16(2)3,17(4)5)18(6)14-19-12-13-22-15-23-19/h12-13,15-18,20-21H,7-11,14H2,1-6H3. The van der Waals surface area contributed by atoms with Crippen molar-refractivity contribution >= 4 is 18.2 Å². The molecule has 0 aromatic carbocycles. The highest BCUT2D eigenvalue weighted by Crippen LogP contribution is 2.46. The Kier molecular flexibility index (Phi) is 8.23. The molecule has 0 amide bonds. The summed E-state index contributed by atoms with van der Waals surface area (Å²) in [4.78, 5) is 8.41. The molecule has 2 atom stereocenters. The average Bonchev–Trinajstić information content (AvgIpc) is 3.18. The number of nitrogens with zero attached hydrogens (tertiary/aromatic N) is 2. The fraction of sp³-hybridized carbons (Fsp3) is 0.810. The van der Waals surface area contributed by atoms with E-state index in [-0.39, 0.29) is 10.8 Å². The second-order valence-corrected chi connectivity index (χ2v) is 16.5. The summed E-state index contributed by atoms with van der Waals surface area (Å²) >= 11 is 0. The van der Waals surface area contributed by atoms with E-state index in [9.17, 15) is 8.42 Å². The van der Waals surface area contributed by atoms with Crippen molar-refractivity contribution in [3.63, 3.8) is 0 Å². The Morgan fingerprint density at radius 3 is 2.21 bits per heavy atom. The quantitative estimate of drug-likeness (QED) is 0.476. The second kappa shape index (κ2) is 9.81. The minimum Gasteiger partial charge on any atom is -0.400 e. The van der Waals surface area contributed by atoms with Gasteiger partial charge in [0.15, 0.2) is 9.84 Å². The molecular formula is C21H38N2O3SSi. The van der Waals surface area contributed by atoms with E-state index in [0.29, 0.717) is 17.5 Å². The van der Waals surface area contributed by atoms with Gasteiger partial charge in [-0.25, -0.2) is 18.4 Å². The van der Waals surface area contributed by atoms with Crippen LogP contribution in [-0.4, -0.2) is 37.4 Å². The molecule has 0 N–H and O–H groups in total. The molecule has 2 rings (SSSR count). The van der Waals surface area contributed by atoms with Crippen LogP contribution in [0.5, 0.6) is 0 Å². The number of hydrogen-bond donors (Lipinski definition) is 0. The van der Waals surface area contributed by atoms with E-state index >= 15 is 0 Å². The number of aromatic nitrogens is 2. The van der Waals surface area contributed by atoms with Gasteiger partial charge in [0.25, 0.3) is 0 Å². The second-order valence-electron chi connectivity index (χ2n) is 8.92. The topological polar surface area (TPSA) is 69.2 Å². The van der Waals surface area contributed by atoms with E-state index in [1.807, 2.05) is 13.0 Å². The van der Waals surface area contributed by atoms with Gasteiger partial charge in [-0.3, -0.25) is 0 Å². The van der Waals surface area contributed by atoms with Crippen molar-refractivity contribution in [2.24, 2.45) is 0 Å². The lowest BCUT2D eigenvalue weighted by molar-refractivity contribution is 0.232. The Hall–Kier alpha value is -0.793. The maximum atomic E-state index is 13.3. The van der Waals surface area contributed by atoms with Crippen LogP contribution in [0.4, 0.5) is 0 Å². The summed E-state index contributed by atoms with van der Waals surface area (Å²) in [5, 5.41) is -0.222. The lowest BCUT2D eigenvalue weighted by Gasteiger charge is -2.45. The summed E-state index contributed by atoms with van der Waals surface area (Å²) in [6.45, 7) is 13.0. The minimum absolute atomic E-state index is 0.222. The third-order valence-electron chi connectivity index (χ3n) is 6.54. The van der Waals surface area contributed by atoms with Crippen LogP contribution in [0.25, 0.3) is 0 Å². The highest BCUT2D eigenvalue weighted by atomic mass is 32.2. The van der Waals surface area contributed by atoms with Crippen molar-refractivity contribution in [3.05, 3.63) is 24.3 Å². The largest absolute Gasteiger partial charge is 0.400 e. The Balaban J connectivity index is 2.35. The lowest BCUT2D eigenvalue weighted by atomic mass is 10.2. The normalized spacial score (nSPS) is 18.7. The molecule has 1 heterocycles. The van der Waals surface area contributed by atoms with E-state index in [2.05, 4.69) is 44.6 Å². The van der Waals surface area contributed by atoms with Crippen LogP contribution in [0.2, 0.25) is 16.6 Å². The Morgan fingerprint density at radius 2 is 1.75 bits per heavy atom. The van der Waals surface area contributed by atoms with E-state index < -0.39 is 23.6 Å². The summed E-state index contributed by atoms with van der Waals surface area (Å²) in [5.41, 5.74) is 1.21. The molecule has 0 aliphatic heterocycles. The molecule has 1 aromatic heterocycles. The molecule has 160 valence electrons. The molecule has 7 heteroatoms. The fourth-order valence-electron chi connectivity index (χ4n) is 5.15. The molecule has 0 saturated heterocycles. The van der Waals surface area contributed by atoms with Gasteiger partial charge in [-0.1, -0.05) is 54.4 Å². The maximum absolute atomic E-state index is 13.3. The first-order valence-electron chi connectivity index (χ1n) is 10.8. The predicted octanol–water partition coefficient (Wildman–Crippen LogP) is 5.28.